The highest BCUT2D eigenvalue weighted by Gasteiger charge is 2.23. The predicted octanol–water partition coefficient (Wildman–Crippen LogP) is 4.08. The van der Waals surface area contributed by atoms with Gasteiger partial charge in [-0.15, -0.1) is 0 Å². The lowest BCUT2D eigenvalue weighted by molar-refractivity contribution is 0.0336. The first-order chi connectivity index (χ1) is 13.6. The van der Waals surface area contributed by atoms with Gasteiger partial charge in [-0.05, 0) is 25.1 Å². The molecule has 0 aliphatic carbocycles. The van der Waals surface area contributed by atoms with Crippen molar-refractivity contribution >= 4 is 33.5 Å². The Hall–Kier alpha value is -4.05. The van der Waals surface area contributed by atoms with E-state index in [2.05, 4.69) is 15.0 Å². The number of aliphatic hydroxyl groups excluding tert-OH is 1. The fraction of sp³-hybridized carbons (Fsp3) is 0.0952. The Labute approximate surface area is 159 Å². The Morgan fingerprint density at radius 2 is 1.89 bits per heavy atom. The van der Waals surface area contributed by atoms with Gasteiger partial charge in [0.15, 0.2) is 17.7 Å². The van der Waals surface area contributed by atoms with Gasteiger partial charge in [-0.2, -0.15) is 5.26 Å². The lowest BCUT2D eigenvalue weighted by Crippen LogP contribution is -2.18. The van der Waals surface area contributed by atoms with E-state index in [1.54, 1.807) is 18.3 Å². The van der Waals surface area contributed by atoms with E-state index in [9.17, 15) is 15.2 Å². The Balaban J connectivity index is 1.62. The van der Waals surface area contributed by atoms with Crippen LogP contribution in [0.3, 0.4) is 0 Å². The van der Waals surface area contributed by atoms with Crippen LogP contribution >= 0.6 is 0 Å². The number of rotatable bonds is 4. The van der Waals surface area contributed by atoms with Gasteiger partial charge in [0.1, 0.15) is 11.6 Å². The van der Waals surface area contributed by atoms with Crippen LogP contribution in [0.25, 0.3) is 27.5 Å². The lowest BCUT2D eigenvalue weighted by atomic mass is 10.1. The zero-order chi connectivity index (χ0) is 19.7. The molecule has 0 saturated heterocycles. The molecule has 0 saturated carbocycles. The Bertz CT molecular complexity index is 1230. The number of nitriles is 1. The summed E-state index contributed by atoms with van der Waals surface area (Å²) in [6.07, 6.45) is 0.536. The number of benzene rings is 2. The van der Waals surface area contributed by atoms with Gasteiger partial charge in [-0.25, -0.2) is 9.78 Å². The molecule has 7 nitrogen and oxygen atoms in total. The van der Waals surface area contributed by atoms with E-state index in [4.69, 9.17) is 4.74 Å². The molecule has 0 radical (unpaired) electrons. The predicted molar refractivity (Wildman–Crippen MR) is 104 cm³/mol. The highest BCUT2D eigenvalue weighted by Crippen LogP contribution is 2.23. The molecule has 0 unspecified atom stereocenters. The first-order valence-corrected chi connectivity index (χ1v) is 8.64. The molecule has 1 atom stereocenters. The highest BCUT2D eigenvalue weighted by atomic mass is 16.6. The largest absolute Gasteiger partial charge is 0.507 e. The van der Waals surface area contributed by atoms with Crippen LogP contribution in [-0.2, 0) is 4.74 Å². The second-order valence-electron chi connectivity index (χ2n) is 6.27. The topological polar surface area (TPSA) is 115 Å². The third kappa shape index (κ3) is 2.97. The summed E-state index contributed by atoms with van der Waals surface area (Å²) in [4.78, 5) is 22.9. The summed E-state index contributed by atoms with van der Waals surface area (Å²) in [5.74, 6) is -0.746. The number of fused-ring (bicyclic) bond motifs is 2. The van der Waals surface area contributed by atoms with Gasteiger partial charge in [-0.3, -0.25) is 0 Å². The molecular weight excluding hydrogens is 356 g/mol. The summed E-state index contributed by atoms with van der Waals surface area (Å²) >= 11 is 0. The van der Waals surface area contributed by atoms with Crippen molar-refractivity contribution in [3.63, 3.8) is 0 Å². The van der Waals surface area contributed by atoms with Gasteiger partial charge in [0, 0.05) is 17.1 Å². The van der Waals surface area contributed by atoms with Crippen LogP contribution < -0.4 is 0 Å². The molecule has 138 valence electrons. The van der Waals surface area contributed by atoms with E-state index in [0.29, 0.717) is 11.1 Å². The van der Waals surface area contributed by atoms with Crippen molar-refractivity contribution < 1.29 is 14.6 Å². The quantitative estimate of drug-likeness (QED) is 0.284. The Morgan fingerprint density at radius 3 is 2.64 bits per heavy atom. The van der Waals surface area contributed by atoms with Crippen molar-refractivity contribution in [1.82, 2.24) is 15.0 Å². The fourth-order valence-electron chi connectivity index (χ4n) is 3.03. The number of H-pyrrole nitrogens is 2. The summed E-state index contributed by atoms with van der Waals surface area (Å²) < 4.78 is 5.38. The monoisotopic (exact) mass is 372 g/mol. The molecule has 7 heteroatoms. The normalized spacial score (nSPS) is 13.1. The molecule has 0 bridgehead atoms. The molecule has 0 fully saturated rings. The van der Waals surface area contributed by atoms with Gasteiger partial charge < -0.3 is 19.8 Å². The number of aromatic nitrogens is 3. The molecule has 28 heavy (non-hydrogen) atoms. The molecule has 2 aromatic heterocycles. The number of ether oxygens (including phenoxy) is 1. The summed E-state index contributed by atoms with van der Waals surface area (Å²) in [6.45, 7) is 1.50. The van der Waals surface area contributed by atoms with Gasteiger partial charge in [0.05, 0.1) is 16.6 Å². The van der Waals surface area contributed by atoms with Crippen LogP contribution in [-0.4, -0.2) is 32.1 Å². The minimum atomic E-state index is -1.02. The number of imidazole rings is 1. The standard InChI is InChI=1S/C21H16N4O3/c1-12(28-21(27)15-11-23-16-7-3-2-6-13(15)16)19(26)14(10-22)20-24-17-8-4-5-9-18(17)25-20/h2-9,11-12,23,26H,1H3,(H,24,25)/b19-14-/t12-/m1/s1. The minimum Gasteiger partial charge on any atom is -0.507 e. The number of allylic oxidation sites excluding steroid dienone is 1. The smallest absolute Gasteiger partial charge is 0.341 e. The molecule has 4 rings (SSSR count). The van der Waals surface area contributed by atoms with Gasteiger partial charge in [-0.1, -0.05) is 30.3 Å². The van der Waals surface area contributed by atoms with Crippen LogP contribution in [0, 0.1) is 11.3 Å². The number of esters is 1. The number of para-hydroxylation sites is 3. The van der Waals surface area contributed by atoms with Gasteiger partial charge in [0.25, 0.3) is 0 Å². The second-order valence-corrected chi connectivity index (χ2v) is 6.27. The zero-order valence-electron chi connectivity index (χ0n) is 14.9. The molecule has 0 aliphatic rings. The second kappa shape index (κ2) is 6.93. The van der Waals surface area contributed by atoms with Crippen molar-refractivity contribution in [2.75, 3.05) is 0 Å². The first kappa shape index (κ1) is 17.4. The number of carbonyl (C=O) groups is 1. The van der Waals surface area contributed by atoms with Crippen molar-refractivity contribution in [2.45, 2.75) is 13.0 Å². The number of nitrogens with zero attached hydrogens (tertiary/aromatic N) is 2. The molecule has 0 aliphatic heterocycles. The first-order valence-electron chi connectivity index (χ1n) is 8.64. The molecule has 0 spiro atoms. The minimum absolute atomic E-state index is 0.0737. The highest BCUT2D eigenvalue weighted by molar-refractivity contribution is 6.04. The third-order valence-electron chi connectivity index (χ3n) is 4.47. The summed E-state index contributed by atoms with van der Waals surface area (Å²) in [5, 5.41) is 20.8. The van der Waals surface area contributed by atoms with Crippen LogP contribution in [0.1, 0.15) is 23.1 Å². The molecular formula is C21H16N4O3. The number of hydrogen-bond acceptors (Lipinski definition) is 5. The van der Waals surface area contributed by atoms with E-state index >= 15 is 0 Å². The lowest BCUT2D eigenvalue weighted by Gasteiger charge is -2.13. The number of carbonyl (C=O) groups excluding carboxylic acids is 1. The zero-order valence-corrected chi connectivity index (χ0v) is 14.9. The molecule has 2 aromatic carbocycles. The Kier molecular flexibility index (Phi) is 4.30. The number of aromatic amines is 2. The molecule has 3 N–H and O–H groups in total. The fourth-order valence-corrected chi connectivity index (χ4v) is 3.03. The summed E-state index contributed by atoms with van der Waals surface area (Å²) in [5.41, 5.74) is 2.50. The third-order valence-corrected chi connectivity index (χ3v) is 4.47. The summed E-state index contributed by atoms with van der Waals surface area (Å²) in [7, 11) is 0. The van der Waals surface area contributed by atoms with E-state index < -0.39 is 12.1 Å². The maximum atomic E-state index is 12.5. The number of hydrogen-bond donors (Lipinski definition) is 3. The van der Waals surface area contributed by atoms with Gasteiger partial charge >= 0.3 is 5.97 Å². The van der Waals surface area contributed by atoms with Crippen molar-refractivity contribution in [1.29, 1.82) is 5.26 Å². The van der Waals surface area contributed by atoms with Crippen LogP contribution in [0.4, 0.5) is 0 Å². The molecule has 4 aromatic rings. The molecule has 0 amide bonds. The van der Waals surface area contributed by atoms with E-state index in [0.717, 1.165) is 16.4 Å². The average Bonchev–Trinajstić information content (AvgIpc) is 3.32. The number of nitrogens with one attached hydrogen (secondary N) is 2. The van der Waals surface area contributed by atoms with E-state index in [-0.39, 0.29) is 17.2 Å². The Morgan fingerprint density at radius 1 is 1.18 bits per heavy atom. The van der Waals surface area contributed by atoms with E-state index in [1.165, 1.54) is 6.92 Å². The summed E-state index contributed by atoms with van der Waals surface area (Å²) in [6, 6.07) is 16.5. The van der Waals surface area contributed by atoms with Crippen LogP contribution in [0.15, 0.2) is 60.5 Å². The maximum Gasteiger partial charge on any atom is 0.341 e. The average molecular weight is 372 g/mol. The van der Waals surface area contributed by atoms with Crippen molar-refractivity contribution in [3.05, 3.63) is 71.9 Å². The van der Waals surface area contributed by atoms with Gasteiger partial charge in [0.2, 0.25) is 0 Å². The van der Waals surface area contributed by atoms with Crippen molar-refractivity contribution in [3.8, 4) is 6.07 Å². The SMILES string of the molecule is C[C@@H](OC(=O)c1c[nH]c2ccccc12)/C(O)=C(\C#N)c1nc2ccccc2[nH]1. The number of aliphatic hydroxyl groups is 1. The molecule has 2 heterocycles. The van der Waals surface area contributed by atoms with E-state index in [1.807, 2.05) is 42.5 Å². The van der Waals surface area contributed by atoms with Crippen LogP contribution in [0.2, 0.25) is 0 Å². The maximum absolute atomic E-state index is 12.5. The van der Waals surface area contributed by atoms with Crippen molar-refractivity contribution in [2.24, 2.45) is 0 Å². The van der Waals surface area contributed by atoms with Crippen LogP contribution in [0.5, 0.6) is 0 Å².